The predicted octanol–water partition coefficient (Wildman–Crippen LogP) is 4.84. The molecule has 0 aliphatic heterocycles. The number of pyridine rings is 1. The van der Waals surface area contributed by atoms with Crippen molar-refractivity contribution in [3.8, 4) is 11.3 Å². The molecule has 4 rings (SSSR count). The predicted molar refractivity (Wildman–Crippen MR) is 133 cm³/mol. The number of hydrogen-bond donors (Lipinski definition) is 3. The second-order valence-corrected chi connectivity index (χ2v) is 8.33. The van der Waals surface area contributed by atoms with Gasteiger partial charge in [0.15, 0.2) is 0 Å². The Bertz CT molecular complexity index is 1290. The van der Waals surface area contributed by atoms with Crippen molar-refractivity contribution in [2.45, 2.75) is 32.9 Å². The van der Waals surface area contributed by atoms with Crippen molar-refractivity contribution in [1.29, 1.82) is 0 Å². The number of nitrogens with zero attached hydrogens (tertiary/aromatic N) is 2. The van der Waals surface area contributed by atoms with E-state index < -0.39 is 17.9 Å². The van der Waals surface area contributed by atoms with E-state index in [9.17, 15) is 14.7 Å². The summed E-state index contributed by atoms with van der Waals surface area (Å²) in [5.74, 6) is -0.836. The van der Waals surface area contributed by atoms with Crippen LogP contribution in [-0.2, 0) is 11.3 Å². The van der Waals surface area contributed by atoms with Gasteiger partial charge in [-0.2, -0.15) is 0 Å². The number of aromatic nitrogens is 2. The van der Waals surface area contributed by atoms with Gasteiger partial charge in [0.2, 0.25) is 0 Å². The largest absolute Gasteiger partial charge is 0.480 e. The van der Waals surface area contributed by atoms with Crippen LogP contribution in [0.4, 0.5) is 5.82 Å². The molecule has 7 heteroatoms. The number of carboxylic acids is 1. The van der Waals surface area contributed by atoms with Crippen LogP contribution in [0.2, 0.25) is 0 Å². The lowest BCUT2D eigenvalue weighted by Gasteiger charge is -2.20. The second kappa shape index (κ2) is 10.2. The smallest absolute Gasteiger partial charge is 0.326 e. The zero-order valence-electron chi connectivity index (χ0n) is 19.2. The fraction of sp³-hybridized carbons (Fsp3) is 0.222. The van der Waals surface area contributed by atoms with Gasteiger partial charge in [0.1, 0.15) is 23.2 Å². The Morgan fingerprint density at radius 1 is 1.03 bits per heavy atom. The number of benzene rings is 2. The number of anilines is 1. The molecule has 0 aliphatic carbocycles. The summed E-state index contributed by atoms with van der Waals surface area (Å²) < 4.78 is 1.91. The van der Waals surface area contributed by atoms with Gasteiger partial charge >= 0.3 is 5.97 Å². The lowest BCUT2D eigenvalue weighted by molar-refractivity contribution is -0.140. The van der Waals surface area contributed by atoms with Crippen molar-refractivity contribution in [2.75, 3.05) is 5.32 Å². The minimum Gasteiger partial charge on any atom is -0.480 e. The van der Waals surface area contributed by atoms with Crippen molar-refractivity contribution in [3.05, 3.63) is 90.1 Å². The van der Waals surface area contributed by atoms with Gasteiger partial charge in [0.05, 0.1) is 0 Å². The fourth-order valence-electron chi connectivity index (χ4n) is 3.84. The molecular formula is C27H28N4O3. The van der Waals surface area contributed by atoms with Crippen LogP contribution in [-0.4, -0.2) is 32.4 Å². The van der Waals surface area contributed by atoms with E-state index in [1.165, 1.54) is 0 Å². The minimum absolute atomic E-state index is 0.185. The molecule has 2 heterocycles. The van der Waals surface area contributed by atoms with Gasteiger partial charge in [0, 0.05) is 23.9 Å². The quantitative estimate of drug-likeness (QED) is 0.335. The van der Waals surface area contributed by atoms with Gasteiger partial charge in [-0.25, -0.2) is 9.78 Å². The van der Waals surface area contributed by atoms with Crippen molar-refractivity contribution in [3.63, 3.8) is 0 Å². The molecule has 1 amide bonds. The van der Waals surface area contributed by atoms with Crippen LogP contribution in [0.15, 0.2) is 79.0 Å². The third-order valence-corrected chi connectivity index (χ3v) is 6.00. The molecule has 0 fully saturated rings. The number of fused-ring (bicyclic) bond motifs is 1. The Morgan fingerprint density at radius 2 is 1.71 bits per heavy atom. The molecule has 3 N–H and O–H groups in total. The number of nitrogens with one attached hydrogen (secondary N) is 2. The zero-order chi connectivity index (χ0) is 24.1. The molecule has 174 valence electrons. The molecule has 34 heavy (non-hydrogen) atoms. The molecule has 7 nitrogen and oxygen atoms in total. The molecule has 0 spiro atoms. The van der Waals surface area contributed by atoms with E-state index >= 15 is 0 Å². The van der Waals surface area contributed by atoms with Crippen LogP contribution in [0.3, 0.4) is 0 Å². The third-order valence-electron chi connectivity index (χ3n) is 6.00. The molecule has 2 aromatic carbocycles. The maximum Gasteiger partial charge on any atom is 0.326 e. The normalized spacial score (nSPS) is 12.8. The lowest BCUT2D eigenvalue weighted by Crippen LogP contribution is -2.45. The Hall–Kier alpha value is -4.13. The maximum absolute atomic E-state index is 12.9. The Balaban J connectivity index is 1.68. The molecule has 0 bridgehead atoms. The van der Waals surface area contributed by atoms with E-state index in [0.29, 0.717) is 24.2 Å². The van der Waals surface area contributed by atoms with E-state index in [2.05, 4.69) is 22.8 Å². The lowest BCUT2D eigenvalue weighted by atomic mass is 9.99. The summed E-state index contributed by atoms with van der Waals surface area (Å²) in [6.45, 7) is 4.33. The maximum atomic E-state index is 12.9. The van der Waals surface area contributed by atoms with Crippen molar-refractivity contribution < 1.29 is 14.7 Å². The SMILES string of the molecule is CCC(C)C(NC(=O)c1ccn2c(NCc3ccccc3)c(-c3ccccc3)nc2c1)C(=O)O. The monoisotopic (exact) mass is 456 g/mol. The van der Waals surface area contributed by atoms with Gasteiger partial charge in [-0.1, -0.05) is 80.9 Å². The van der Waals surface area contributed by atoms with E-state index in [4.69, 9.17) is 4.98 Å². The Labute approximate surface area is 198 Å². The molecule has 0 saturated carbocycles. The Kier molecular flexibility index (Phi) is 6.92. The number of hydrogen-bond acceptors (Lipinski definition) is 4. The highest BCUT2D eigenvalue weighted by atomic mass is 16.4. The van der Waals surface area contributed by atoms with Gasteiger partial charge in [-0.3, -0.25) is 9.20 Å². The number of aliphatic carboxylic acids is 1. The first kappa shape index (κ1) is 23.0. The molecule has 0 radical (unpaired) electrons. The molecule has 2 aromatic heterocycles. The van der Waals surface area contributed by atoms with E-state index in [-0.39, 0.29) is 5.92 Å². The summed E-state index contributed by atoms with van der Waals surface area (Å²) in [6.07, 6.45) is 2.43. The molecular weight excluding hydrogens is 428 g/mol. The van der Waals surface area contributed by atoms with E-state index in [0.717, 1.165) is 22.6 Å². The van der Waals surface area contributed by atoms with Crippen LogP contribution in [0.1, 0.15) is 36.2 Å². The van der Waals surface area contributed by atoms with Crippen LogP contribution in [0.5, 0.6) is 0 Å². The molecule has 0 aliphatic rings. The van der Waals surface area contributed by atoms with Crippen LogP contribution in [0.25, 0.3) is 16.9 Å². The summed E-state index contributed by atoms with van der Waals surface area (Å²) in [4.78, 5) is 29.3. The number of carboxylic acid groups (broad SMARTS) is 1. The fourth-order valence-corrected chi connectivity index (χ4v) is 3.84. The van der Waals surface area contributed by atoms with Crippen molar-refractivity contribution in [1.82, 2.24) is 14.7 Å². The van der Waals surface area contributed by atoms with Gasteiger partial charge in [0.25, 0.3) is 5.91 Å². The molecule has 2 unspecified atom stereocenters. The van der Waals surface area contributed by atoms with Crippen molar-refractivity contribution >= 4 is 23.3 Å². The molecule has 0 saturated heterocycles. The van der Waals surface area contributed by atoms with E-state index in [1.54, 1.807) is 18.3 Å². The van der Waals surface area contributed by atoms with Gasteiger partial charge in [-0.05, 0) is 23.6 Å². The summed E-state index contributed by atoms with van der Waals surface area (Å²) >= 11 is 0. The summed E-state index contributed by atoms with van der Waals surface area (Å²) in [7, 11) is 0. The highest BCUT2D eigenvalue weighted by Crippen LogP contribution is 2.29. The van der Waals surface area contributed by atoms with Crippen LogP contribution in [0, 0.1) is 5.92 Å². The summed E-state index contributed by atoms with van der Waals surface area (Å²) in [6, 6.07) is 22.4. The molecule has 2 atom stereocenters. The topological polar surface area (TPSA) is 95.7 Å². The number of rotatable bonds is 9. The van der Waals surface area contributed by atoms with Gasteiger partial charge < -0.3 is 15.7 Å². The third kappa shape index (κ3) is 4.93. The first-order chi connectivity index (χ1) is 16.5. The second-order valence-electron chi connectivity index (χ2n) is 8.33. The summed E-state index contributed by atoms with van der Waals surface area (Å²) in [5, 5.41) is 15.7. The van der Waals surface area contributed by atoms with E-state index in [1.807, 2.05) is 66.8 Å². The molecule has 4 aromatic rings. The standard InChI is InChI=1S/C27H28N4O3/c1-3-18(2)23(27(33)34)30-26(32)21-14-15-31-22(16-21)29-24(20-12-8-5-9-13-20)25(31)28-17-19-10-6-4-7-11-19/h4-16,18,23,28H,3,17H2,1-2H3,(H,30,32)(H,33,34). The number of amides is 1. The number of carbonyl (C=O) groups is 2. The average Bonchev–Trinajstić information content (AvgIpc) is 3.24. The van der Waals surface area contributed by atoms with Gasteiger partial charge in [-0.15, -0.1) is 0 Å². The van der Waals surface area contributed by atoms with Crippen LogP contribution < -0.4 is 10.6 Å². The summed E-state index contributed by atoms with van der Waals surface area (Å²) in [5.41, 5.74) is 3.82. The zero-order valence-corrected chi connectivity index (χ0v) is 19.2. The first-order valence-electron chi connectivity index (χ1n) is 11.4. The number of imidazole rings is 1. The highest BCUT2D eigenvalue weighted by molar-refractivity contribution is 5.97. The average molecular weight is 457 g/mol. The highest BCUT2D eigenvalue weighted by Gasteiger charge is 2.26. The van der Waals surface area contributed by atoms with Crippen molar-refractivity contribution in [2.24, 2.45) is 5.92 Å². The first-order valence-corrected chi connectivity index (χ1v) is 11.4. The van der Waals surface area contributed by atoms with Crippen LogP contribution >= 0.6 is 0 Å². The number of carbonyl (C=O) groups excluding carboxylic acids is 1. The minimum atomic E-state index is -1.04. The Morgan fingerprint density at radius 3 is 2.35 bits per heavy atom.